The summed E-state index contributed by atoms with van der Waals surface area (Å²) in [5.74, 6) is 0.852. The normalized spacial score (nSPS) is 14.1. The Morgan fingerprint density at radius 2 is 1.85 bits per heavy atom. The zero-order chi connectivity index (χ0) is 13.9. The van der Waals surface area contributed by atoms with Crippen LogP contribution in [0.5, 0.6) is 0 Å². The van der Waals surface area contributed by atoms with E-state index in [-0.39, 0.29) is 0 Å². The molecule has 0 unspecified atom stereocenters. The minimum Gasteiger partial charge on any atom is -0.399 e. The van der Waals surface area contributed by atoms with E-state index < -0.39 is 0 Å². The number of hydrogen-bond acceptors (Lipinski definition) is 4. The highest BCUT2D eigenvalue weighted by molar-refractivity contribution is 5.48. The maximum atomic E-state index is 5.94. The van der Waals surface area contributed by atoms with Crippen molar-refractivity contribution < 1.29 is 0 Å². The number of aromatic nitrogens is 3. The Labute approximate surface area is 119 Å². The third-order valence-electron chi connectivity index (χ3n) is 3.94. The van der Waals surface area contributed by atoms with E-state index in [1.165, 1.54) is 18.4 Å². The van der Waals surface area contributed by atoms with Crippen LogP contribution in [0.1, 0.15) is 41.2 Å². The van der Waals surface area contributed by atoms with E-state index in [9.17, 15) is 0 Å². The Kier molecular flexibility index (Phi) is 3.63. The largest absolute Gasteiger partial charge is 0.399 e. The predicted octanol–water partition coefficient (Wildman–Crippen LogP) is 2.43. The van der Waals surface area contributed by atoms with Crippen molar-refractivity contribution in [2.75, 3.05) is 5.73 Å². The molecule has 1 aliphatic carbocycles. The van der Waals surface area contributed by atoms with E-state index in [4.69, 9.17) is 5.73 Å². The maximum Gasteiger partial charge on any atom is 0.151 e. The number of nitrogen functional groups attached to an aromatic ring is 1. The third kappa shape index (κ3) is 2.79. The van der Waals surface area contributed by atoms with Gasteiger partial charge >= 0.3 is 0 Å². The fourth-order valence-electron chi connectivity index (χ4n) is 2.61. The number of rotatable bonds is 3. The second kappa shape index (κ2) is 5.57. The molecule has 2 N–H and O–H groups in total. The summed E-state index contributed by atoms with van der Waals surface area (Å²) in [6, 6.07) is 6.23. The summed E-state index contributed by atoms with van der Waals surface area (Å²) < 4.78 is 0. The number of anilines is 1. The summed E-state index contributed by atoms with van der Waals surface area (Å²) in [4.78, 5) is 4.66. The Bertz CT molecular complexity index is 622. The molecule has 0 spiro atoms. The SMILES string of the molecule is Cc1ccc(CCc2nnc3c(n2)CCCC3)cc1N. The van der Waals surface area contributed by atoms with Gasteiger partial charge in [0.25, 0.3) is 0 Å². The minimum absolute atomic E-state index is 0.822. The van der Waals surface area contributed by atoms with E-state index in [0.29, 0.717) is 0 Å². The predicted molar refractivity (Wildman–Crippen MR) is 79.5 cm³/mol. The average Bonchev–Trinajstić information content (AvgIpc) is 2.48. The van der Waals surface area contributed by atoms with Gasteiger partial charge in [-0.25, -0.2) is 4.98 Å². The highest BCUT2D eigenvalue weighted by atomic mass is 15.2. The molecule has 104 valence electrons. The van der Waals surface area contributed by atoms with Gasteiger partial charge in [-0.15, -0.1) is 5.10 Å². The topological polar surface area (TPSA) is 64.7 Å². The molecule has 1 heterocycles. The average molecular weight is 268 g/mol. The fourth-order valence-corrected chi connectivity index (χ4v) is 2.61. The smallest absolute Gasteiger partial charge is 0.151 e. The van der Waals surface area contributed by atoms with E-state index in [2.05, 4.69) is 27.3 Å². The molecular formula is C16H20N4. The second-order valence-electron chi connectivity index (χ2n) is 5.52. The van der Waals surface area contributed by atoms with E-state index in [1.54, 1.807) is 0 Å². The Balaban J connectivity index is 1.70. The first-order valence-electron chi connectivity index (χ1n) is 7.29. The first-order valence-corrected chi connectivity index (χ1v) is 7.29. The lowest BCUT2D eigenvalue weighted by Crippen LogP contribution is -2.12. The molecule has 0 saturated heterocycles. The third-order valence-corrected chi connectivity index (χ3v) is 3.94. The summed E-state index contributed by atoms with van der Waals surface area (Å²) in [5.41, 5.74) is 11.4. The van der Waals surface area contributed by atoms with Crippen molar-refractivity contribution in [3.8, 4) is 0 Å². The van der Waals surface area contributed by atoms with Crippen molar-refractivity contribution in [3.63, 3.8) is 0 Å². The van der Waals surface area contributed by atoms with Crippen LogP contribution in [-0.2, 0) is 25.7 Å². The number of benzene rings is 1. The van der Waals surface area contributed by atoms with Gasteiger partial charge in [0.1, 0.15) is 0 Å². The molecule has 3 rings (SSSR count). The molecule has 0 atom stereocenters. The molecule has 1 aromatic carbocycles. The van der Waals surface area contributed by atoms with Crippen LogP contribution in [0.4, 0.5) is 5.69 Å². The van der Waals surface area contributed by atoms with E-state index in [1.807, 2.05) is 13.0 Å². The summed E-state index contributed by atoms with van der Waals surface area (Å²) in [5, 5.41) is 8.58. The lowest BCUT2D eigenvalue weighted by molar-refractivity contribution is 0.616. The van der Waals surface area contributed by atoms with Gasteiger partial charge in [-0.05, 0) is 56.2 Å². The van der Waals surface area contributed by atoms with Crippen LogP contribution < -0.4 is 5.73 Å². The van der Waals surface area contributed by atoms with Crippen LogP contribution in [0.3, 0.4) is 0 Å². The first-order chi connectivity index (χ1) is 9.72. The van der Waals surface area contributed by atoms with Gasteiger partial charge in [0.15, 0.2) is 5.82 Å². The molecule has 1 aromatic heterocycles. The lowest BCUT2D eigenvalue weighted by Gasteiger charge is -2.13. The highest BCUT2D eigenvalue weighted by Gasteiger charge is 2.13. The lowest BCUT2D eigenvalue weighted by atomic mass is 10.0. The highest BCUT2D eigenvalue weighted by Crippen LogP contribution is 2.17. The molecule has 0 fully saturated rings. The molecule has 4 nitrogen and oxygen atoms in total. The van der Waals surface area contributed by atoms with Crippen LogP contribution in [0.2, 0.25) is 0 Å². The van der Waals surface area contributed by atoms with Crippen LogP contribution in [0.15, 0.2) is 18.2 Å². The van der Waals surface area contributed by atoms with Gasteiger partial charge in [0, 0.05) is 12.1 Å². The van der Waals surface area contributed by atoms with Crippen molar-refractivity contribution in [3.05, 3.63) is 46.5 Å². The summed E-state index contributed by atoms with van der Waals surface area (Å²) in [7, 11) is 0. The van der Waals surface area contributed by atoms with Crippen LogP contribution >= 0.6 is 0 Å². The van der Waals surface area contributed by atoms with Crippen LogP contribution in [0.25, 0.3) is 0 Å². The Hall–Kier alpha value is -1.97. The summed E-state index contributed by atoms with van der Waals surface area (Å²) >= 11 is 0. The second-order valence-corrected chi connectivity index (χ2v) is 5.52. The number of aryl methyl sites for hydroxylation is 5. The van der Waals surface area contributed by atoms with Crippen molar-refractivity contribution in [1.82, 2.24) is 15.2 Å². The molecule has 0 radical (unpaired) electrons. The van der Waals surface area contributed by atoms with Crippen LogP contribution in [0, 0.1) is 6.92 Å². The van der Waals surface area contributed by atoms with Gasteiger partial charge in [-0.2, -0.15) is 5.10 Å². The zero-order valence-electron chi connectivity index (χ0n) is 11.9. The van der Waals surface area contributed by atoms with Gasteiger partial charge in [0.05, 0.1) is 11.4 Å². The van der Waals surface area contributed by atoms with Crippen molar-refractivity contribution in [1.29, 1.82) is 0 Å². The van der Waals surface area contributed by atoms with Crippen molar-refractivity contribution in [2.45, 2.75) is 45.4 Å². The Morgan fingerprint density at radius 1 is 1.05 bits per heavy atom. The van der Waals surface area contributed by atoms with Crippen molar-refractivity contribution >= 4 is 5.69 Å². The molecule has 4 heteroatoms. The summed E-state index contributed by atoms with van der Waals surface area (Å²) in [6.07, 6.45) is 6.25. The quantitative estimate of drug-likeness (QED) is 0.868. The standard InChI is InChI=1S/C16H20N4/c1-11-6-7-12(10-13(11)17)8-9-16-18-14-4-2-3-5-15(14)19-20-16/h6-7,10H,2-5,8-9,17H2,1H3. The molecule has 0 amide bonds. The van der Waals surface area contributed by atoms with E-state index >= 15 is 0 Å². The Morgan fingerprint density at radius 3 is 2.65 bits per heavy atom. The number of hydrogen-bond donors (Lipinski definition) is 1. The molecule has 1 aliphatic rings. The molecule has 0 saturated carbocycles. The van der Waals surface area contributed by atoms with Gasteiger partial charge in [-0.1, -0.05) is 12.1 Å². The minimum atomic E-state index is 0.822. The number of fused-ring (bicyclic) bond motifs is 1. The molecular weight excluding hydrogens is 248 g/mol. The molecule has 0 aliphatic heterocycles. The molecule has 0 bridgehead atoms. The van der Waals surface area contributed by atoms with Crippen molar-refractivity contribution in [2.24, 2.45) is 0 Å². The zero-order valence-corrected chi connectivity index (χ0v) is 11.9. The first kappa shape index (κ1) is 13.0. The maximum absolute atomic E-state index is 5.94. The summed E-state index contributed by atoms with van der Waals surface area (Å²) in [6.45, 7) is 2.02. The van der Waals surface area contributed by atoms with Gasteiger partial charge in [-0.3, -0.25) is 0 Å². The number of nitrogens with two attached hydrogens (primary N) is 1. The fraction of sp³-hybridized carbons (Fsp3) is 0.438. The monoisotopic (exact) mass is 268 g/mol. The van der Waals surface area contributed by atoms with Crippen LogP contribution in [-0.4, -0.2) is 15.2 Å². The van der Waals surface area contributed by atoms with E-state index in [0.717, 1.165) is 54.1 Å². The van der Waals surface area contributed by atoms with Gasteiger partial charge < -0.3 is 5.73 Å². The molecule has 20 heavy (non-hydrogen) atoms. The molecule has 2 aromatic rings. The number of nitrogens with zero attached hydrogens (tertiary/aromatic N) is 3. The van der Waals surface area contributed by atoms with Gasteiger partial charge in [0.2, 0.25) is 0 Å².